The molecule has 0 N–H and O–H groups in total. The number of ether oxygens (including phenoxy) is 10. The Labute approximate surface area is 408 Å². The van der Waals surface area contributed by atoms with Crippen molar-refractivity contribution in [1.29, 1.82) is 0 Å². The molecule has 2 saturated heterocycles. The molecule has 0 amide bonds. The van der Waals surface area contributed by atoms with Crippen molar-refractivity contribution in [1.82, 2.24) is 0 Å². The largest absolute Gasteiger partial charge is 0.463 e. The van der Waals surface area contributed by atoms with Crippen molar-refractivity contribution in [3.05, 3.63) is 179 Å². The number of esters is 4. The molecule has 0 radical (unpaired) electrons. The van der Waals surface area contributed by atoms with Crippen LogP contribution in [0.25, 0.3) is 0 Å². The zero-order chi connectivity index (χ0) is 49.2. The number of hydrogen-bond donors (Lipinski definition) is 0. The average molecular weight is 955 g/mol. The van der Waals surface area contributed by atoms with E-state index < -0.39 is 84.9 Å². The van der Waals surface area contributed by atoms with Gasteiger partial charge in [-0.2, -0.15) is 0 Å². The molecule has 2 fully saturated rings. The molecule has 0 bridgehead atoms. The Hall–Kier alpha value is -6.70. The topological polar surface area (TPSA) is 161 Å². The van der Waals surface area contributed by atoms with Gasteiger partial charge in [0, 0.05) is 33.3 Å². The molecule has 14 nitrogen and oxygen atoms in total. The first-order valence-corrected chi connectivity index (χ1v) is 23.2. The quantitative estimate of drug-likeness (QED) is 0.0453. The van der Waals surface area contributed by atoms with Crippen LogP contribution in [-0.4, -0.2) is 92.0 Å². The average Bonchev–Trinajstić information content (AvgIpc) is 3.35. The first kappa shape index (κ1) is 51.2. The van der Waals surface area contributed by atoms with E-state index in [0.717, 1.165) is 22.3 Å². The van der Waals surface area contributed by atoms with Crippen LogP contribution in [0.5, 0.6) is 0 Å². The van der Waals surface area contributed by atoms with Gasteiger partial charge in [-0.05, 0) is 39.9 Å². The highest BCUT2D eigenvalue weighted by molar-refractivity contribution is 5.69. The van der Waals surface area contributed by atoms with E-state index in [-0.39, 0.29) is 33.0 Å². The standard InChI is InChI=1S/C56H58O14/c1-37(57)62-36-49-53(66-38(2)58)56(68-40(4)60)55(67-39(3)59)50(70-49)46-27-17-26-41(30-46)28-29-47-51(63-32-43-20-11-6-12-21-43)54(65-34-45-24-15-8-16-25-45)52(64-33-44-22-13-7-14-23-44)48(69-47)35-61-31-42-18-9-5-10-19-42/h5-27,30,47-56H,31-36H2,1-4H3/t47?,48-,49?,50-,51?,52-,53-,54?,55?,56?/m1/s1. The van der Waals surface area contributed by atoms with Crippen LogP contribution in [0.15, 0.2) is 146 Å². The molecule has 14 heteroatoms. The van der Waals surface area contributed by atoms with Gasteiger partial charge in [0.2, 0.25) is 0 Å². The van der Waals surface area contributed by atoms with Gasteiger partial charge in [-0.3, -0.25) is 19.2 Å². The molecule has 0 saturated carbocycles. The van der Waals surface area contributed by atoms with Crippen LogP contribution in [0, 0.1) is 11.8 Å². The van der Waals surface area contributed by atoms with E-state index in [1.165, 1.54) is 27.7 Å². The van der Waals surface area contributed by atoms with Crippen LogP contribution in [0.4, 0.5) is 0 Å². The second kappa shape index (κ2) is 25.8. The van der Waals surface area contributed by atoms with Crippen LogP contribution >= 0.6 is 0 Å². The third-order valence-corrected chi connectivity index (χ3v) is 11.4. The first-order chi connectivity index (χ1) is 34.0. The van der Waals surface area contributed by atoms with Gasteiger partial charge in [0.1, 0.15) is 49.3 Å². The normalized spacial score (nSPS) is 24.0. The van der Waals surface area contributed by atoms with Crippen molar-refractivity contribution in [2.45, 2.75) is 115 Å². The Kier molecular flexibility index (Phi) is 18.8. The molecule has 7 rings (SSSR count). The van der Waals surface area contributed by atoms with E-state index in [4.69, 9.17) is 47.4 Å². The third kappa shape index (κ3) is 14.9. The minimum atomic E-state index is -1.34. The SMILES string of the molecule is CC(=O)OCC1O[C@H](c2cccc(C#CC3O[C@H](COCc4ccccc4)[C@@H](OCc4ccccc4)C(OCc4ccccc4)C3OCc3ccccc3)c2)C(OC(C)=O)C(OC(C)=O)[C@@H]1OC(C)=O. The summed E-state index contributed by atoms with van der Waals surface area (Å²) in [5.74, 6) is 3.88. The lowest BCUT2D eigenvalue weighted by Gasteiger charge is -2.45. The minimum absolute atomic E-state index is 0.140. The zero-order valence-electron chi connectivity index (χ0n) is 39.6. The Morgan fingerprint density at radius 2 is 0.929 bits per heavy atom. The molecule has 366 valence electrons. The molecule has 70 heavy (non-hydrogen) atoms. The number of carbonyl (C=O) groups is 4. The van der Waals surface area contributed by atoms with Crippen molar-refractivity contribution in [3.8, 4) is 11.8 Å². The molecule has 0 aromatic heterocycles. The predicted molar refractivity (Wildman–Crippen MR) is 254 cm³/mol. The molecule has 5 aromatic rings. The summed E-state index contributed by atoms with van der Waals surface area (Å²) in [6.07, 6.45) is -9.93. The molecule has 2 heterocycles. The lowest BCUT2D eigenvalue weighted by molar-refractivity contribution is -0.261. The van der Waals surface area contributed by atoms with Gasteiger partial charge in [0.15, 0.2) is 18.3 Å². The van der Waals surface area contributed by atoms with E-state index in [2.05, 4.69) is 11.8 Å². The summed E-state index contributed by atoms with van der Waals surface area (Å²) < 4.78 is 62.7. The Morgan fingerprint density at radius 1 is 0.457 bits per heavy atom. The Balaban J connectivity index is 1.26. The highest BCUT2D eigenvalue weighted by Crippen LogP contribution is 2.38. The lowest BCUT2D eigenvalue weighted by atomic mass is 9.89. The molecule has 2 aliphatic rings. The van der Waals surface area contributed by atoms with Crippen LogP contribution in [0.2, 0.25) is 0 Å². The molecule has 5 aromatic carbocycles. The fraction of sp³-hybridized carbons (Fsp3) is 0.357. The smallest absolute Gasteiger partial charge is 0.303 e. The monoisotopic (exact) mass is 954 g/mol. The summed E-state index contributed by atoms with van der Waals surface area (Å²) in [6.45, 7) is 5.61. The Bertz CT molecular complexity index is 2510. The zero-order valence-corrected chi connectivity index (χ0v) is 39.6. The van der Waals surface area contributed by atoms with Crippen molar-refractivity contribution in [2.24, 2.45) is 0 Å². The van der Waals surface area contributed by atoms with Crippen molar-refractivity contribution in [2.75, 3.05) is 13.2 Å². The summed E-state index contributed by atoms with van der Waals surface area (Å²) in [7, 11) is 0. The van der Waals surface area contributed by atoms with E-state index in [1.807, 2.05) is 121 Å². The summed E-state index contributed by atoms with van der Waals surface area (Å²) in [5.41, 5.74) is 4.83. The van der Waals surface area contributed by atoms with E-state index in [0.29, 0.717) is 17.7 Å². The summed E-state index contributed by atoms with van der Waals surface area (Å²) in [6, 6.07) is 46.4. The second-order valence-corrected chi connectivity index (χ2v) is 16.9. The van der Waals surface area contributed by atoms with Gasteiger partial charge in [0.05, 0.1) is 33.0 Å². The molecule has 0 spiro atoms. The van der Waals surface area contributed by atoms with Gasteiger partial charge in [0.25, 0.3) is 0 Å². The molecular formula is C56H58O14. The first-order valence-electron chi connectivity index (χ1n) is 23.2. The highest BCUT2D eigenvalue weighted by Gasteiger charge is 2.53. The summed E-state index contributed by atoms with van der Waals surface area (Å²) >= 11 is 0. The minimum Gasteiger partial charge on any atom is -0.463 e. The fourth-order valence-electron chi connectivity index (χ4n) is 8.35. The fourth-order valence-corrected chi connectivity index (χ4v) is 8.35. The maximum absolute atomic E-state index is 12.6. The maximum Gasteiger partial charge on any atom is 0.303 e. The van der Waals surface area contributed by atoms with Crippen LogP contribution in [0.3, 0.4) is 0 Å². The summed E-state index contributed by atoms with van der Waals surface area (Å²) in [4.78, 5) is 49.5. The van der Waals surface area contributed by atoms with Crippen LogP contribution in [-0.2, 0) is 93.0 Å². The second-order valence-electron chi connectivity index (χ2n) is 16.9. The summed E-state index contributed by atoms with van der Waals surface area (Å²) in [5, 5.41) is 0. The van der Waals surface area contributed by atoms with Gasteiger partial charge in [-0.25, -0.2) is 0 Å². The molecule has 10 atom stereocenters. The van der Waals surface area contributed by atoms with E-state index in [9.17, 15) is 19.2 Å². The van der Waals surface area contributed by atoms with Crippen molar-refractivity contribution < 1.29 is 66.5 Å². The molecular weight excluding hydrogens is 897 g/mol. The third-order valence-electron chi connectivity index (χ3n) is 11.4. The van der Waals surface area contributed by atoms with Crippen LogP contribution in [0.1, 0.15) is 67.2 Å². The van der Waals surface area contributed by atoms with Gasteiger partial charge in [-0.1, -0.05) is 145 Å². The number of rotatable bonds is 19. The number of carbonyl (C=O) groups excluding carboxylic acids is 4. The van der Waals surface area contributed by atoms with Gasteiger partial charge < -0.3 is 47.4 Å². The molecule has 6 unspecified atom stereocenters. The van der Waals surface area contributed by atoms with Gasteiger partial charge in [-0.15, -0.1) is 0 Å². The molecule has 0 aliphatic carbocycles. The number of benzene rings is 5. The highest BCUT2D eigenvalue weighted by atomic mass is 16.7. The lowest BCUT2D eigenvalue weighted by Crippen LogP contribution is -2.60. The predicted octanol–water partition coefficient (Wildman–Crippen LogP) is 7.58. The van der Waals surface area contributed by atoms with Gasteiger partial charge >= 0.3 is 23.9 Å². The van der Waals surface area contributed by atoms with Crippen molar-refractivity contribution in [3.63, 3.8) is 0 Å². The Morgan fingerprint density at radius 3 is 1.46 bits per heavy atom. The van der Waals surface area contributed by atoms with Crippen molar-refractivity contribution >= 4 is 23.9 Å². The molecule has 2 aliphatic heterocycles. The maximum atomic E-state index is 12.6. The van der Waals surface area contributed by atoms with E-state index >= 15 is 0 Å². The van der Waals surface area contributed by atoms with Crippen LogP contribution < -0.4 is 0 Å². The van der Waals surface area contributed by atoms with E-state index in [1.54, 1.807) is 24.3 Å². The number of hydrogen-bond acceptors (Lipinski definition) is 14.